The van der Waals surface area contributed by atoms with Crippen molar-refractivity contribution in [2.24, 2.45) is 10.3 Å². The van der Waals surface area contributed by atoms with Crippen LogP contribution in [0.15, 0.2) is 46.7 Å². The van der Waals surface area contributed by atoms with Crippen molar-refractivity contribution in [3.63, 3.8) is 0 Å². The molecule has 0 saturated heterocycles. The van der Waals surface area contributed by atoms with Crippen LogP contribution in [0.1, 0.15) is 11.1 Å². The van der Waals surface area contributed by atoms with Crippen LogP contribution in [-0.4, -0.2) is 88.6 Å². The lowest BCUT2D eigenvalue weighted by molar-refractivity contribution is -0.138. The number of carbonyl (C=O) groups excluding carboxylic acids is 2. The van der Waals surface area contributed by atoms with Gasteiger partial charge in [0.1, 0.15) is 13.2 Å². The molecule has 0 aliphatic rings. The first-order valence-corrected chi connectivity index (χ1v) is 10.7. The predicted octanol–water partition coefficient (Wildman–Crippen LogP) is 1.88. The smallest absolute Gasteiger partial charge is 0.361 e. The fourth-order valence-electron chi connectivity index (χ4n) is 3.03. The highest BCUT2D eigenvalue weighted by Crippen LogP contribution is 2.29. The molecule has 2 aromatic carbocycles. The molecule has 0 radical (unpaired) electrons. The zero-order valence-electron chi connectivity index (χ0n) is 20.8. The van der Waals surface area contributed by atoms with Crippen LogP contribution < -0.4 is 18.9 Å². The number of ether oxygens (including phenoxy) is 7. The fourth-order valence-corrected chi connectivity index (χ4v) is 3.03. The van der Waals surface area contributed by atoms with Crippen LogP contribution in [0, 0.1) is 0 Å². The Kier molecular flexibility index (Phi) is 11.5. The molecule has 37 heavy (non-hydrogen) atoms. The largest absolute Gasteiger partial charge is 0.493 e. The molecule has 2 rings (SSSR count). The molecule has 0 aromatic heterocycles. The molecule has 0 bridgehead atoms. The van der Waals surface area contributed by atoms with Crippen LogP contribution in [0.4, 0.5) is 0 Å². The normalized spacial score (nSPS) is 11.5. The van der Waals surface area contributed by atoms with E-state index in [4.69, 9.17) is 33.2 Å². The minimum absolute atomic E-state index is 0.0233. The first-order chi connectivity index (χ1) is 17.9. The third kappa shape index (κ3) is 7.73. The predicted molar refractivity (Wildman–Crippen MR) is 128 cm³/mol. The molecule has 0 heterocycles. The van der Waals surface area contributed by atoms with Gasteiger partial charge in [0.15, 0.2) is 34.4 Å². The average molecular weight is 520 g/mol. The lowest BCUT2D eigenvalue weighted by Gasteiger charge is -2.11. The first-order valence-electron chi connectivity index (χ1n) is 10.7. The molecule has 0 atom stereocenters. The Bertz CT molecular complexity index is 1040. The SMILES string of the molecule is COc1ccc(C(=NO)C(=O)OCCOCCOC(=O)C(=NO)c2ccc(OC)c(OC)c2)cc1OC. The van der Waals surface area contributed by atoms with Crippen molar-refractivity contribution in [3.05, 3.63) is 47.5 Å². The molecule has 0 fully saturated rings. The molecule has 2 aromatic rings. The van der Waals surface area contributed by atoms with Gasteiger partial charge in [-0.25, -0.2) is 9.59 Å². The molecule has 0 aliphatic carbocycles. The minimum atomic E-state index is -0.886. The monoisotopic (exact) mass is 520 g/mol. The van der Waals surface area contributed by atoms with Gasteiger partial charge in [-0.2, -0.15) is 0 Å². The van der Waals surface area contributed by atoms with E-state index >= 15 is 0 Å². The Labute approximate surface area is 212 Å². The van der Waals surface area contributed by atoms with Crippen LogP contribution >= 0.6 is 0 Å². The average Bonchev–Trinajstić information content (AvgIpc) is 2.92. The van der Waals surface area contributed by atoms with Gasteiger partial charge in [0.2, 0.25) is 0 Å². The van der Waals surface area contributed by atoms with E-state index in [0.29, 0.717) is 23.0 Å². The van der Waals surface area contributed by atoms with Crippen LogP contribution in [0.2, 0.25) is 0 Å². The van der Waals surface area contributed by atoms with Crippen molar-refractivity contribution in [2.75, 3.05) is 54.9 Å². The van der Waals surface area contributed by atoms with Crippen molar-refractivity contribution >= 4 is 23.4 Å². The van der Waals surface area contributed by atoms with Crippen LogP contribution in [0.25, 0.3) is 0 Å². The molecule has 0 aliphatic heterocycles. The summed E-state index contributed by atoms with van der Waals surface area (Å²) < 4.78 is 36.0. The van der Waals surface area contributed by atoms with Gasteiger partial charge in [-0.1, -0.05) is 10.3 Å². The van der Waals surface area contributed by atoms with Gasteiger partial charge in [0.25, 0.3) is 0 Å². The summed E-state index contributed by atoms with van der Waals surface area (Å²) in [5, 5.41) is 24.5. The lowest BCUT2D eigenvalue weighted by atomic mass is 10.1. The van der Waals surface area contributed by atoms with E-state index in [-0.39, 0.29) is 49.0 Å². The number of esters is 2. The Morgan fingerprint density at radius 1 is 0.622 bits per heavy atom. The van der Waals surface area contributed by atoms with Gasteiger partial charge >= 0.3 is 11.9 Å². The van der Waals surface area contributed by atoms with Crippen molar-refractivity contribution in [3.8, 4) is 23.0 Å². The van der Waals surface area contributed by atoms with E-state index in [9.17, 15) is 20.0 Å². The van der Waals surface area contributed by atoms with Crippen LogP contribution in [-0.2, 0) is 23.8 Å². The van der Waals surface area contributed by atoms with E-state index < -0.39 is 11.9 Å². The van der Waals surface area contributed by atoms with Crippen LogP contribution in [0.3, 0.4) is 0 Å². The Balaban J connectivity index is 1.78. The highest BCUT2D eigenvalue weighted by molar-refractivity contribution is 6.43. The van der Waals surface area contributed by atoms with E-state index in [1.807, 2.05) is 0 Å². The van der Waals surface area contributed by atoms with Crippen LogP contribution in [0.5, 0.6) is 23.0 Å². The first kappa shape index (κ1) is 28.7. The summed E-state index contributed by atoms with van der Waals surface area (Å²) in [4.78, 5) is 24.5. The minimum Gasteiger partial charge on any atom is -0.493 e. The Morgan fingerprint density at radius 3 is 1.32 bits per heavy atom. The second-order valence-corrected chi connectivity index (χ2v) is 6.92. The second-order valence-electron chi connectivity index (χ2n) is 6.92. The van der Waals surface area contributed by atoms with Gasteiger partial charge in [-0.15, -0.1) is 0 Å². The molecular formula is C24H28N2O11. The van der Waals surface area contributed by atoms with E-state index in [2.05, 4.69) is 10.3 Å². The van der Waals surface area contributed by atoms with Crippen molar-refractivity contribution in [2.45, 2.75) is 0 Å². The summed E-state index contributed by atoms with van der Waals surface area (Å²) in [5.41, 5.74) is -0.149. The lowest BCUT2D eigenvalue weighted by Crippen LogP contribution is -2.23. The zero-order valence-corrected chi connectivity index (χ0v) is 20.8. The van der Waals surface area contributed by atoms with Gasteiger partial charge in [0, 0.05) is 11.1 Å². The standard InChI is InChI=1S/C24H28N2O11/c1-31-17-7-5-15(13-19(17)33-3)21(25-29)23(27)36-11-9-35-10-12-37-24(28)22(26-30)16-6-8-18(32-2)20(14-16)34-4/h5-8,13-14,29-30H,9-12H2,1-4H3. The summed E-state index contributed by atoms with van der Waals surface area (Å²) in [5.74, 6) is -0.217. The number of hydrogen-bond donors (Lipinski definition) is 2. The fraction of sp³-hybridized carbons (Fsp3) is 0.333. The van der Waals surface area contributed by atoms with Gasteiger partial charge in [-0.3, -0.25) is 0 Å². The van der Waals surface area contributed by atoms with Gasteiger partial charge < -0.3 is 43.6 Å². The highest BCUT2D eigenvalue weighted by Gasteiger charge is 2.20. The summed E-state index contributed by atoms with van der Waals surface area (Å²) >= 11 is 0. The van der Waals surface area contributed by atoms with E-state index in [1.54, 1.807) is 12.1 Å². The second kappa shape index (κ2) is 14.8. The number of oxime groups is 2. The molecule has 200 valence electrons. The van der Waals surface area contributed by atoms with Gasteiger partial charge in [0.05, 0.1) is 41.7 Å². The summed E-state index contributed by atoms with van der Waals surface area (Å²) in [6.07, 6.45) is 0. The number of hydrogen-bond acceptors (Lipinski definition) is 13. The number of nitrogens with zero attached hydrogens (tertiary/aromatic N) is 2. The number of carbonyl (C=O) groups is 2. The molecule has 2 N–H and O–H groups in total. The molecule has 13 heteroatoms. The van der Waals surface area contributed by atoms with Crippen molar-refractivity contribution < 1.29 is 53.2 Å². The molecular weight excluding hydrogens is 492 g/mol. The number of rotatable bonds is 14. The maximum absolute atomic E-state index is 12.3. The molecule has 0 amide bonds. The van der Waals surface area contributed by atoms with E-state index in [1.165, 1.54) is 52.7 Å². The summed E-state index contributed by atoms with van der Waals surface area (Å²) in [7, 11) is 5.78. The summed E-state index contributed by atoms with van der Waals surface area (Å²) in [6.45, 7) is -0.364. The molecule has 0 saturated carbocycles. The molecule has 13 nitrogen and oxygen atoms in total. The summed E-state index contributed by atoms with van der Waals surface area (Å²) in [6, 6.07) is 9.05. The third-order valence-electron chi connectivity index (χ3n) is 4.82. The maximum Gasteiger partial charge on any atom is 0.361 e. The third-order valence-corrected chi connectivity index (χ3v) is 4.82. The van der Waals surface area contributed by atoms with Crippen molar-refractivity contribution in [1.29, 1.82) is 0 Å². The molecule has 0 spiro atoms. The number of methoxy groups -OCH3 is 4. The Hall–Kier alpha value is -4.52. The Morgan fingerprint density at radius 2 is 1.00 bits per heavy atom. The topological polar surface area (TPSA) is 164 Å². The highest BCUT2D eigenvalue weighted by atomic mass is 16.6. The van der Waals surface area contributed by atoms with Crippen molar-refractivity contribution in [1.82, 2.24) is 0 Å². The maximum atomic E-state index is 12.3. The van der Waals surface area contributed by atoms with Gasteiger partial charge in [-0.05, 0) is 36.4 Å². The number of benzene rings is 2. The quantitative estimate of drug-likeness (QED) is 0.123. The molecule has 0 unspecified atom stereocenters. The zero-order chi connectivity index (χ0) is 27.2. The van der Waals surface area contributed by atoms with E-state index in [0.717, 1.165) is 0 Å².